The van der Waals surface area contributed by atoms with Gasteiger partial charge in [-0.3, -0.25) is 0 Å². The van der Waals surface area contributed by atoms with E-state index in [0.717, 1.165) is 0 Å². The monoisotopic (exact) mass is 504 g/mol. The van der Waals surface area contributed by atoms with Crippen molar-refractivity contribution in [2.75, 3.05) is 33.0 Å². The largest absolute Gasteiger partial charge is 0.394 e. The zero-order valence-electron chi connectivity index (χ0n) is 17.8. The zero-order valence-corrected chi connectivity index (χ0v) is 17.8. The lowest BCUT2D eigenvalue weighted by Gasteiger charge is -2.44. The van der Waals surface area contributed by atoms with Gasteiger partial charge in [0.15, 0.2) is 6.29 Å². The van der Waals surface area contributed by atoms with Crippen LogP contribution in [0.25, 0.3) is 0 Å². The van der Waals surface area contributed by atoms with E-state index in [-0.39, 0.29) is 0 Å². The standard InChI is InChI=1S/C18H32O16/c19-1-6-9(23)12(26)13(27)16(31-6)34-18(15(29)11(25)8(3-21)33-18)5-30-17(4-22)14(28)10(24)7(2-20)32-17/h6-16,19-29H,1-5H2/t6-,7+,8-,9-,10+,11-,12-,13-,14-,15-,16?,17+,18+/m1/s1. The van der Waals surface area contributed by atoms with Crippen molar-refractivity contribution in [3.05, 3.63) is 0 Å². The molecule has 0 aliphatic carbocycles. The molecule has 16 heteroatoms. The molecule has 34 heavy (non-hydrogen) atoms. The van der Waals surface area contributed by atoms with Crippen molar-refractivity contribution >= 4 is 0 Å². The van der Waals surface area contributed by atoms with Crippen molar-refractivity contribution < 1.29 is 79.9 Å². The number of ether oxygens (including phenoxy) is 5. The maximum atomic E-state index is 10.7. The van der Waals surface area contributed by atoms with Crippen LogP contribution in [-0.2, 0) is 23.7 Å². The summed E-state index contributed by atoms with van der Waals surface area (Å²) in [6.07, 6.45) is -19.0. The molecule has 13 atom stereocenters. The molecule has 3 aliphatic heterocycles. The summed E-state index contributed by atoms with van der Waals surface area (Å²) in [7, 11) is 0. The average molecular weight is 504 g/mol. The first kappa shape index (κ1) is 27.9. The summed E-state index contributed by atoms with van der Waals surface area (Å²) in [5.41, 5.74) is 0. The molecule has 3 fully saturated rings. The first-order valence-electron chi connectivity index (χ1n) is 10.5. The molecular formula is C18H32O16. The molecule has 3 rings (SSSR count). The molecule has 16 nitrogen and oxygen atoms in total. The Morgan fingerprint density at radius 3 is 1.56 bits per heavy atom. The van der Waals surface area contributed by atoms with E-state index in [2.05, 4.69) is 0 Å². The van der Waals surface area contributed by atoms with E-state index >= 15 is 0 Å². The Bertz CT molecular complexity index is 668. The summed E-state index contributed by atoms with van der Waals surface area (Å²) in [4.78, 5) is 0. The Balaban J connectivity index is 1.87. The van der Waals surface area contributed by atoms with Gasteiger partial charge in [0, 0.05) is 0 Å². The number of aliphatic hydroxyl groups excluding tert-OH is 11. The van der Waals surface area contributed by atoms with E-state index in [4.69, 9.17) is 23.7 Å². The van der Waals surface area contributed by atoms with Gasteiger partial charge in [0.05, 0.1) is 19.8 Å². The van der Waals surface area contributed by atoms with Crippen LogP contribution in [0.4, 0.5) is 0 Å². The van der Waals surface area contributed by atoms with Crippen LogP contribution in [0.3, 0.4) is 0 Å². The Kier molecular flexibility index (Phi) is 8.85. The summed E-state index contributed by atoms with van der Waals surface area (Å²) in [6, 6.07) is 0. The highest BCUT2D eigenvalue weighted by atomic mass is 16.8. The topological polar surface area (TPSA) is 269 Å². The normalized spacial score (nSPS) is 51.8. The van der Waals surface area contributed by atoms with Gasteiger partial charge in [0.1, 0.15) is 74.3 Å². The highest BCUT2D eigenvalue weighted by molar-refractivity contribution is 5.01. The van der Waals surface area contributed by atoms with Crippen LogP contribution >= 0.6 is 0 Å². The number of hydrogen-bond acceptors (Lipinski definition) is 16. The Hall–Kier alpha value is -0.640. The molecule has 0 aromatic heterocycles. The number of hydrogen-bond donors (Lipinski definition) is 11. The molecule has 0 saturated carbocycles. The summed E-state index contributed by atoms with van der Waals surface area (Å²) in [6.45, 7) is -4.40. The minimum atomic E-state index is -2.49. The molecule has 1 unspecified atom stereocenters. The van der Waals surface area contributed by atoms with E-state index < -0.39 is 112 Å². The molecule has 3 aliphatic rings. The van der Waals surface area contributed by atoms with Gasteiger partial charge >= 0.3 is 0 Å². The third-order valence-electron chi connectivity index (χ3n) is 6.27. The van der Waals surface area contributed by atoms with Crippen molar-refractivity contribution in [1.82, 2.24) is 0 Å². The quantitative estimate of drug-likeness (QED) is 0.139. The van der Waals surface area contributed by atoms with Crippen LogP contribution in [0.1, 0.15) is 0 Å². The first-order valence-corrected chi connectivity index (χ1v) is 10.5. The molecule has 0 bridgehead atoms. The van der Waals surface area contributed by atoms with Crippen LogP contribution in [0.15, 0.2) is 0 Å². The predicted molar refractivity (Wildman–Crippen MR) is 101 cm³/mol. The molecular weight excluding hydrogens is 472 g/mol. The van der Waals surface area contributed by atoms with Crippen molar-refractivity contribution in [3.63, 3.8) is 0 Å². The summed E-state index contributed by atoms with van der Waals surface area (Å²) in [5, 5.41) is 109. The molecule has 0 aromatic rings. The molecule has 0 aromatic carbocycles. The SMILES string of the molecule is OC[C@@H]1O[C@](CO)(OC[C@@]2(OC3O[C@H](CO)[C@@H](O)[C@@H](O)[C@H]3O)O[C@H](CO)[C@@H](O)[C@H]2O)[C@H](O)[C@H]1O. The fourth-order valence-corrected chi connectivity index (χ4v) is 4.14. The number of aliphatic hydroxyl groups is 11. The molecule has 0 radical (unpaired) electrons. The van der Waals surface area contributed by atoms with Gasteiger partial charge in [-0.2, -0.15) is 0 Å². The molecule has 3 saturated heterocycles. The lowest BCUT2D eigenvalue weighted by atomic mass is 9.99. The van der Waals surface area contributed by atoms with Gasteiger partial charge in [-0.05, 0) is 0 Å². The molecule has 0 amide bonds. The van der Waals surface area contributed by atoms with Gasteiger partial charge in [-0.25, -0.2) is 0 Å². The highest BCUT2D eigenvalue weighted by Crippen LogP contribution is 2.39. The second-order valence-corrected chi connectivity index (χ2v) is 8.43. The lowest BCUT2D eigenvalue weighted by molar-refractivity contribution is -0.399. The van der Waals surface area contributed by atoms with Crippen molar-refractivity contribution in [1.29, 1.82) is 0 Å². The van der Waals surface area contributed by atoms with E-state index in [1.807, 2.05) is 0 Å². The molecule has 11 N–H and O–H groups in total. The third-order valence-corrected chi connectivity index (χ3v) is 6.27. The molecule has 0 spiro atoms. The van der Waals surface area contributed by atoms with Gasteiger partial charge in [0.2, 0.25) is 11.6 Å². The summed E-state index contributed by atoms with van der Waals surface area (Å²) < 4.78 is 26.9. The first-order chi connectivity index (χ1) is 16.0. The second-order valence-electron chi connectivity index (χ2n) is 8.43. The molecule has 200 valence electrons. The molecule has 3 heterocycles. The van der Waals surface area contributed by atoms with Gasteiger partial charge in [-0.1, -0.05) is 0 Å². The van der Waals surface area contributed by atoms with Gasteiger partial charge in [0.25, 0.3) is 0 Å². The number of rotatable bonds is 9. The van der Waals surface area contributed by atoms with E-state index in [0.29, 0.717) is 0 Å². The average Bonchev–Trinajstić information content (AvgIpc) is 3.23. The minimum absolute atomic E-state index is 0.750. The fourth-order valence-electron chi connectivity index (χ4n) is 4.14. The second kappa shape index (κ2) is 10.8. The van der Waals surface area contributed by atoms with Gasteiger partial charge in [-0.15, -0.1) is 0 Å². The summed E-state index contributed by atoms with van der Waals surface area (Å²) >= 11 is 0. The van der Waals surface area contributed by atoms with E-state index in [1.54, 1.807) is 0 Å². The Labute approximate surface area is 192 Å². The Morgan fingerprint density at radius 2 is 1.09 bits per heavy atom. The van der Waals surface area contributed by atoms with Gasteiger partial charge < -0.3 is 79.9 Å². The lowest BCUT2D eigenvalue weighted by Crippen LogP contribution is -2.63. The van der Waals surface area contributed by atoms with Crippen molar-refractivity contribution in [3.8, 4) is 0 Å². The smallest absolute Gasteiger partial charge is 0.224 e. The maximum absolute atomic E-state index is 10.7. The van der Waals surface area contributed by atoms with Crippen LogP contribution in [0, 0.1) is 0 Å². The zero-order chi connectivity index (χ0) is 25.4. The van der Waals surface area contributed by atoms with Crippen LogP contribution in [0.5, 0.6) is 0 Å². The highest BCUT2D eigenvalue weighted by Gasteiger charge is 2.62. The fraction of sp³-hybridized carbons (Fsp3) is 1.00. The summed E-state index contributed by atoms with van der Waals surface area (Å²) in [5.74, 6) is -4.84. The predicted octanol–water partition coefficient (Wildman–Crippen LogP) is -7.57. The minimum Gasteiger partial charge on any atom is -0.394 e. The van der Waals surface area contributed by atoms with Crippen LogP contribution < -0.4 is 0 Å². The van der Waals surface area contributed by atoms with E-state index in [1.165, 1.54) is 0 Å². The maximum Gasteiger partial charge on any atom is 0.224 e. The van der Waals surface area contributed by atoms with Crippen LogP contribution in [0.2, 0.25) is 0 Å². The van der Waals surface area contributed by atoms with E-state index in [9.17, 15) is 56.2 Å². The van der Waals surface area contributed by atoms with Crippen molar-refractivity contribution in [2.45, 2.75) is 78.9 Å². The van der Waals surface area contributed by atoms with Crippen LogP contribution in [-0.4, -0.2) is 168 Å². The Morgan fingerprint density at radius 1 is 0.588 bits per heavy atom. The third kappa shape index (κ3) is 4.71. The van der Waals surface area contributed by atoms with Crippen molar-refractivity contribution in [2.24, 2.45) is 0 Å².